The van der Waals surface area contributed by atoms with Crippen LogP contribution in [0.25, 0.3) is 17.4 Å². The van der Waals surface area contributed by atoms with Gasteiger partial charge in [0.15, 0.2) is 0 Å². The second kappa shape index (κ2) is 8.79. The summed E-state index contributed by atoms with van der Waals surface area (Å²) in [6, 6.07) is 14.9. The molecule has 0 aliphatic carbocycles. The number of hydrogen-bond donors (Lipinski definition) is 1. The highest BCUT2D eigenvalue weighted by molar-refractivity contribution is 5.92. The van der Waals surface area contributed by atoms with Gasteiger partial charge in [-0.05, 0) is 48.0 Å². The molecule has 0 aliphatic rings. The average molecular weight is 419 g/mol. The van der Waals surface area contributed by atoms with Gasteiger partial charge in [-0.25, -0.2) is 13.8 Å². The third-order valence-electron chi connectivity index (χ3n) is 4.75. The van der Waals surface area contributed by atoms with Crippen molar-refractivity contribution in [1.82, 2.24) is 14.9 Å². The van der Waals surface area contributed by atoms with E-state index in [1.165, 1.54) is 30.4 Å². The van der Waals surface area contributed by atoms with E-state index < -0.39 is 23.6 Å². The molecule has 0 spiro atoms. The fourth-order valence-electron chi connectivity index (χ4n) is 3.23. The molecule has 31 heavy (non-hydrogen) atoms. The van der Waals surface area contributed by atoms with Crippen LogP contribution in [-0.2, 0) is 11.8 Å². The minimum atomic E-state index is -0.640. The highest BCUT2D eigenvalue weighted by Crippen LogP contribution is 2.25. The Morgan fingerprint density at radius 3 is 2.71 bits per heavy atom. The SMILES string of the molecule is Cn1ccnc1C(NC(=O)/C=C/c1ccc(-c2ccccc2F)o1)c1cccc(F)c1. The standard InChI is InChI=1S/C24H19F2N3O2/c1-29-14-13-27-24(29)23(16-5-4-6-17(25)15-16)28-22(30)12-10-18-9-11-21(31-18)19-7-2-3-8-20(19)26/h2-15,23H,1H3,(H,28,30)/b12-10+. The number of hydrogen-bond acceptors (Lipinski definition) is 3. The molecule has 0 bridgehead atoms. The molecule has 4 rings (SSSR count). The molecule has 0 saturated heterocycles. The summed E-state index contributed by atoms with van der Waals surface area (Å²) < 4.78 is 35.1. The Kier molecular flexibility index (Phi) is 5.75. The molecule has 1 amide bonds. The van der Waals surface area contributed by atoms with Crippen LogP contribution in [0.4, 0.5) is 8.78 Å². The van der Waals surface area contributed by atoms with Gasteiger partial charge in [0.2, 0.25) is 5.91 Å². The van der Waals surface area contributed by atoms with Gasteiger partial charge in [0.1, 0.15) is 35.0 Å². The van der Waals surface area contributed by atoms with Gasteiger partial charge < -0.3 is 14.3 Å². The first kappa shape index (κ1) is 20.3. The van der Waals surface area contributed by atoms with Gasteiger partial charge in [0, 0.05) is 25.5 Å². The van der Waals surface area contributed by atoms with Crippen LogP contribution in [0, 0.1) is 11.6 Å². The van der Waals surface area contributed by atoms with Crippen molar-refractivity contribution < 1.29 is 18.0 Å². The molecule has 7 heteroatoms. The molecule has 2 aromatic carbocycles. The van der Waals surface area contributed by atoms with Crippen molar-refractivity contribution in [1.29, 1.82) is 0 Å². The highest BCUT2D eigenvalue weighted by Gasteiger charge is 2.20. The van der Waals surface area contributed by atoms with E-state index in [2.05, 4.69) is 10.3 Å². The zero-order valence-electron chi connectivity index (χ0n) is 16.6. The molecular formula is C24H19F2N3O2. The molecule has 156 valence electrons. The zero-order valence-corrected chi connectivity index (χ0v) is 16.6. The van der Waals surface area contributed by atoms with Crippen LogP contribution >= 0.6 is 0 Å². The second-order valence-corrected chi connectivity index (χ2v) is 6.91. The average Bonchev–Trinajstić information content (AvgIpc) is 3.40. The van der Waals surface area contributed by atoms with Crippen LogP contribution in [-0.4, -0.2) is 15.5 Å². The Bertz CT molecular complexity index is 1240. The predicted molar refractivity (Wildman–Crippen MR) is 113 cm³/mol. The number of halogens is 2. The number of carbonyl (C=O) groups excluding carboxylic acids is 1. The summed E-state index contributed by atoms with van der Waals surface area (Å²) in [7, 11) is 1.80. The summed E-state index contributed by atoms with van der Waals surface area (Å²) in [5.41, 5.74) is 0.906. The molecule has 2 heterocycles. The third-order valence-corrected chi connectivity index (χ3v) is 4.75. The number of imidazole rings is 1. The maximum atomic E-state index is 13.9. The number of carbonyl (C=O) groups is 1. The normalized spacial score (nSPS) is 12.2. The summed E-state index contributed by atoms with van der Waals surface area (Å²) in [6.07, 6.45) is 6.15. The lowest BCUT2D eigenvalue weighted by Gasteiger charge is -2.18. The lowest BCUT2D eigenvalue weighted by Crippen LogP contribution is -2.29. The zero-order chi connectivity index (χ0) is 21.8. The minimum absolute atomic E-state index is 0.340. The molecule has 0 saturated carbocycles. The van der Waals surface area contributed by atoms with Crippen LogP contribution in [0.1, 0.15) is 23.2 Å². The Labute approximate surface area is 177 Å². The molecule has 1 unspecified atom stereocenters. The summed E-state index contributed by atoms with van der Waals surface area (Å²) in [6.45, 7) is 0. The topological polar surface area (TPSA) is 60.1 Å². The number of aromatic nitrogens is 2. The van der Waals surface area contributed by atoms with E-state index in [9.17, 15) is 13.6 Å². The number of furan rings is 1. The fourth-order valence-corrected chi connectivity index (χ4v) is 3.23. The van der Waals surface area contributed by atoms with Crippen LogP contribution in [0.2, 0.25) is 0 Å². The third kappa shape index (κ3) is 4.61. The van der Waals surface area contributed by atoms with Gasteiger partial charge >= 0.3 is 0 Å². The van der Waals surface area contributed by atoms with Gasteiger partial charge in [-0.15, -0.1) is 0 Å². The minimum Gasteiger partial charge on any atom is -0.457 e. The molecule has 0 fully saturated rings. The van der Waals surface area contributed by atoms with Crippen molar-refractivity contribution in [2.45, 2.75) is 6.04 Å². The molecule has 2 aromatic heterocycles. The van der Waals surface area contributed by atoms with Crippen LogP contribution in [0.15, 0.2) is 83.6 Å². The van der Waals surface area contributed by atoms with Crippen LogP contribution < -0.4 is 5.32 Å². The Morgan fingerprint density at radius 2 is 1.97 bits per heavy atom. The number of amides is 1. The molecule has 1 N–H and O–H groups in total. The number of rotatable bonds is 6. The van der Waals surface area contributed by atoms with Gasteiger partial charge in [0.05, 0.1) is 5.56 Å². The summed E-state index contributed by atoms with van der Waals surface area (Å²) in [4.78, 5) is 16.9. The van der Waals surface area contributed by atoms with Gasteiger partial charge in [-0.1, -0.05) is 24.3 Å². The van der Waals surface area contributed by atoms with Crippen LogP contribution in [0.5, 0.6) is 0 Å². The van der Waals surface area contributed by atoms with Crippen molar-refractivity contribution in [3.8, 4) is 11.3 Å². The summed E-state index contributed by atoms with van der Waals surface area (Å²) >= 11 is 0. The van der Waals surface area contributed by atoms with Crippen molar-refractivity contribution in [3.05, 3.63) is 108 Å². The number of benzene rings is 2. The van der Waals surface area contributed by atoms with E-state index in [0.717, 1.165) is 0 Å². The maximum absolute atomic E-state index is 13.9. The Balaban J connectivity index is 1.53. The van der Waals surface area contributed by atoms with Crippen LogP contribution in [0.3, 0.4) is 0 Å². The van der Waals surface area contributed by atoms with E-state index in [0.29, 0.717) is 28.5 Å². The first-order valence-corrected chi connectivity index (χ1v) is 9.57. The lowest BCUT2D eigenvalue weighted by atomic mass is 10.1. The van der Waals surface area contributed by atoms with E-state index in [4.69, 9.17) is 4.42 Å². The largest absolute Gasteiger partial charge is 0.457 e. The molecule has 4 aromatic rings. The number of aryl methyl sites for hydroxylation is 1. The number of nitrogens with one attached hydrogen (secondary N) is 1. The molecule has 0 radical (unpaired) electrons. The number of nitrogens with zero attached hydrogens (tertiary/aromatic N) is 2. The van der Waals surface area contributed by atoms with Crippen molar-refractivity contribution in [3.63, 3.8) is 0 Å². The van der Waals surface area contributed by atoms with Gasteiger partial charge in [0.25, 0.3) is 0 Å². The second-order valence-electron chi connectivity index (χ2n) is 6.91. The quantitative estimate of drug-likeness (QED) is 0.453. The smallest absolute Gasteiger partial charge is 0.244 e. The highest BCUT2D eigenvalue weighted by atomic mass is 19.1. The maximum Gasteiger partial charge on any atom is 0.244 e. The van der Waals surface area contributed by atoms with E-state index >= 15 is 0 Å². The van der Waals surface area contributed by atoms with Gasteiger partial charge in [-0.3, -0.25) is 4.79 Å². The van der Waals surface area contributed by atoms with Crippen molar-refractivity contribution in [2.75, 3.05) is 0 Å². The summed E-state index contributed by atoms with van der Waals surface area (Å²) in [5, 5.41) is 2.84. The molecule has 1 atom stereocenters. The van der Waals surface area contributed by atoms with E-state index in [-0.39, 0.29) is 0 Å². The molecule has 0 aliphatic heterocycles. The van der Waals surface area contributed by atoms with E-state index in [1.54, 1.807) is 66.5 Å². The monoisotopic (exact) mass is 419 g/mol. The first-order chi connectivity index (χ1) is 15.0. The molecule has 5 nitrogen and oxygen atoms in total. The van der Waals surface area contributed by atoms with E-state index in [1.807, 2.05) is 0 Å². The summed E-state index contributed by atoms with van der Waals surface area (Å²) in [5.74, 6) is 0.112. The Hall–Kier alpha value is -4.00. The Morgan fingerprint density at radius 1 is 1.13 bits per heavy atom. The van der Waals surface area contributed by atoms with Crippen molar-refractivity contribution >= 4 is 12.0 Å². The van der Waals surface area contributed by atoms with Gasteiger partial charge in [-0.2, -0.15) is 0 Å². The lowest BCUT2D eigenvalue weighted by molar-refractivity contribution is -0.117. The first-order valence-electron chi connectivity index (χ1n) is 9.57. The molecular weight excluding hydrogens is 400 g/mol. The predicted octanol–water partition coefficient (Wildman–Crippen LogP) is 4.88. The van der Waals surface area contributed by atoms with Crippen molar-refractivity contribution in [2.24, 2.45) is 7.05 Å². The fraction of sp³-hybridized carbons (Fsp3) is 0.0833.